The van der Waals surface area contributed by atoms with Gasteiger partial charge in [0.15, 0.2) is 17.2 Å². The van der Waals surface area contributed by atoms with Crippen LogP contribution in [0.4, 0.5) is 10.2 Å². The number of carboxylic acid groups (broad SMARTS) is 1. The van der Waals surface area contributed by atoms with Gasteiger partial charge < -0.3 is 19.3 Å². The largest absolute Gasteiger partial charge is 0.477 e. The molecule has 0 saturated carbocycles. The Morgan fingerprint density at radius 2 is 2.00 bits per heavy atom. The molecule has 1 aliphatic heterocycles. The van der Waals surface area contributed by atoms with Gasteiger partial charge in [-0.3, -0.25) is 4.90 Å². The van der Waals surface area contributed by atoms with Gasteiger partial charge in [0, 0.05) is 55.7 Å². The Morgan fingerprint density at radius 1 is 1.19 bits per heavy atom. The Hall–Kier alpha value is -3.83. The predicted molar refractivity (Wildman–Crippen MR) is 135 cm³/mol. The molecule has 1 atom stereocenters. The molecule has 10 nitrogen and oxygen atoms in total. The minimum absolute atomic E-state index is 0.00849. The molecule has 5 rings (SSSR count). The fraction of sp³-hybridized carbons (Fsp3) is 0.320. The Kier molecular flexibility index (Phi) is 6.90. The van der Waals surface area contributed by atoms with E-state index in [-0.39, 0.29) is 18.3 Å². The number of carbonyl (C=O) groups is 1. The first-order valence-corrected chi connectivity index (χ1v) is 12.1. The molecule has 1 aromatic carbocycles. The van der Waals surface area contributed by atoms with Crippen LogP contribution in [0.5, 0.6) is 5.88 Å². The third kappa shape index (κ3) is 5.18. The summed E-state index contributed by atoms with van der Waals surface area (Å²) >= 11 is 5.84. The van der Waals surface area contributed by atoms with Crippen molar-refractivity contribution in [3.63, 3.8) is 0 Å². The smallest absolute Gasteiger partial charge is 0.354 e. The number of aromatic nitrogens is 5. The van der Waals surface area contributed by atoms with E-state index in [1.807, 2.05) is 11.6 Å². The number of rotatable bonds is 7. The topological polar surface area (TPSA) is 110 Å². The highest BCUT2D eigenvalue weighted by Gasteiger charge is 2.28. The van der Waals surface area contributed by atoms with Gasteiger partial charge in [0.05, 0.1) is 6.54 Å². The molecule has 37 heavy (non-hydrogen) atoms. The van der Waals surface area contributed by atoms with Crippen molar-refractivity contribution in [2.24, 2.45) is 7.05 Å². The number of imidazole rings is 1. The first kappa shape index (κ1) is 24.8. The fourth-order valence-corrected chi connectivity index (χ4v) is 4.56. The Labute approximate surface area is 217 Å². The SMILES string of the molecule is C[C@H]1CN(c2nccnc2OCc2ccc(Cl)cc2F)CCN1Cc1nc2ccc(C(=O)O)nc2n1C. The lowest BCUT2D eigenvalue weighted by molar-refractivity contribution is 0.0691. The molecule has 0 amide bonds. The van der Waals surface area contributed by atoms with Gasteiger partial charge >= 0.3 is 5.97 Å². The number of nitrogens with zero attached hydrogens (tertiary/aromatic N) is 7. The number of fused-ring (bicyclic) bond motifs is 1. The minimum Gasteiger partial charge on any atom is -0.477 e. The molecule has 3 aromatic heterocycles. The van der Waals surface area contributed by atoms with Crippen LogP contribution in [0.15, 0.2) is 42.7 Å². The van der Waals surface area contributed by atoms with E-state index < -0.39 is 11.8 Å². The quantitative estimate of drug-likeness (QED) is 0.387. The van der Waals surface area contributed by atoms with Crippen LogP contribution in [-0.2, 0) is 20.2 Å². The molecule has 0 unspecified atom stereocenters. The maximum absolute atomic E-state index is 14.2. The van der Waals surface area contributed by atoms with E-state index in [0.29, 0.717) is 53.1 Å². The van der Waals surface area contributed by atoms with Crippen molar-refractivity contribution >= 4 is 34.6 Å². The number of anilines is 1. The number of carboxylic acids is 1. The Bertz CT molecular complexity index is 1460. The molecule has 1 N–H and O–H groups in total. The van der Waals surface area contributed by atoms with E-state index >= 15 is 0 Å². The van der Waals surface area contributed by atoms with Gasteiger partial charge in [-0.1, -0.05) is 17.7 Å². The van der Waals surface area contributed by atoms with Gasteiger partial charge in [0.25, 0.3) is 5.88 Å². The lowest BCUT2D eigenvalue weighted by atomic mass is 10.2. The van der Waals surface area contributed by atoms with Crippen LogP contribution in [0, 0.1) is 5.82 Å². The van der Waals surface area contributed by atoms with Crippen LogP contribution in [-0.4, -0.2) is 66.2 Å². The van der Waals surface area contributed by atoms with Crippen molar-refractivity contribution in [3.05, 3.63) is 70.6 Å². The number of pyridine rings is 1. The Morgan fingerprint density at radius 3 is 2.76 bits per heavy atom. The molecule has 0 radical (unpaired) electrons. The lowest BCUT2D eigenvalue weighted by Crippen LogP contribution is -2.52. The van der Waals surface area contributed by atoms with Crippen molar-refractivity contribution in [1.29, 1.82) is 0 Å². The van der Waals surface area contributed by atoms with Gasteiger partial charge in [-0.2, -0.15) is 0 Å². The van der Waals surface area contributed by atoms with Crippen LogP contribution >= 0.6 is 11.6 Å². The van der Waals surface area contributed by atoms with Crippen molar-refractivity contribution < 1.29 is 19.0 Å². The molecule has 0 spiro atoms. The lowest BCUT2D eigenvalue weighted by Gasteiger charge is -2.40. The standard InChI is InChI=1S/C25H25ClFN7O3/c1-15-12-34(23-24(29-8-7-28-23)37-14-16-3-4-17(26)11-18(16)27)10-9-33(15)13-21-30-19-5-6-20(25(35)36)31-22(19)32(21)2/h3-8,11,15H,9-10,12-14H2,1-2H3,(H,35,36)/t15-/m0/s1. The maximum Gasteiger partial charge on any atom is 0.354 e. The summed E-state index contributed by atoms with van der Waals surface area (Å²) in [5.74, 6) is 0.250. The van der Waals surface area contributed by atoms with Crippen molar-refractivity contribution in [1.82, 2.24) is 29.4 Å². The summed E-state index contributed by atoms with van der Waals surface area (Å²) in [4.78, 5) is 33.4. The summed E-state index contributed by atoms with van der Waals surface area (Å²) in [6, 6.07) is 7.76. The second-order valence-electron chi connectivity index (χ2n) is 8.91. The normalized spacial score (nSPS) is 16.3. The average molecular weight is 526 g/mol. The summed E-state index contributed by atoms with van der Waals surface area (Å²) in [6.07, 6.45) is 3.16. The molecule has 1 fully saturated rings. The molecular formula is C25H25ClFN7O3. The highest BCUT2D eigenvalue weighted by Crippen LogP contribution is 2.27. The van der Waals surface area contributed by atoms with E-state index in [9.17, 15) is 14.3 Å². The van der Waals surface area contributed by atoms with Crippen molar-refractivity contribution in [2.75, 3.05) is 24.5 Å². The number of benzene rings is 1. The molecule has 0 aliphatic carbocycles. The van der Waals surface area contributed by atoms with Gasteiger partial charge in [-0.05, 0) is 31.2 Å². The molecule has 1 saturated heterocycles. The second-order valence-corrected chi connectivity index (χ2v) is 9.34. The third-order valence-corrected chi connectivity index (χ3v) is 6.70. The fourth-order valence-electron chi connectivity index (χ4n) is 4.40. The molecule has 4 heterocycles. The van der Waals surface area contributed by atoms with E-state index in [4.69, 9.17) is 16.3 Å². The molecule has 4 aromatic rings. The van der Waals surface area contributed by atoms with Crippen LogP contribution in [0.1, 0.15) is 28.8 Å². The number of ether oxygens (including phenoxy) is 1. The van der Waals surface area contributed by atoms with Crippen LogP contribution in [0.3, 0.4) is 0 Å². The summed E-state index contributed by atoms with van der Waals surface area (Å²) in [7, 11) is 1.84. The summed E-state index contributed by atoms with van der Waals surface area (Å²) in [5.41, 5.74) is 1.57. The number of hydrogen-bond acceptors (Lipinski definition) is 8. The zero-order chi connectivity index (χ0) is 26.1. The number of aryl methyl sites for hydroxylation is 1. The first-order valence-electron chi connectivity index (χ1n) is 11.7. The predicted octanol–water partition coefficient (Wildman–Crippen LogP) is 3.54. The number of piperazine rings is 1. The number of hydrogen-bond donors (Lipinski definition) is 1. The van der Waals surface area contributed by atoms with Gasteiger partial charge in [0.1, 0.15) is 23.8 Å². The Balaban J connectivity index is 1.27. The second kappa shape index (κ2) is 10.3. The molecule has 1 aliphatic rings. The van der Waals surface area contributed by atoms with Crippen LogP contribution in [0.2, 0.25) is 5.02 Å². The van der Waals surface area contributed by atoms with Crippen LogP contribution < -0.4 is 9.64 Å². The zero-order valence-electron chi connectivity index (χ0n) is 20.3. The average Bonchev–Trinajstić information content (AvgIpc) is 3.19. The monoisotopic (exact) mass is 525 g/mol. The number of aromatic carboxylic acids is 1. The molecule has 0 bridgehead atoms. The van der Waals surface area contributed by atoms with E-state index in [1.165, 1.54) is 12.1 Å². The van der Waals surface area contributed by atoms with Crippen molar-refractivity contribution in [2.45, 2.75) is 26.1 Å². The maximum atomic E-state index is 14.2. The highest BCUT2D eigenvalue weighted by atomic mass is 35.5. The van der Waals surface area contributed by atoms with E-state index in [1.54, 1.807) is 30.6 Å². The van der Waals surface area contributed by atoms with Gasteiger partial charge in [-0.25, -0.2) is 29.1 Å². The highest BCUT2D eigenvalue weighted by molar-refractivity contribution is 6.30. The molecule has 12 heteroatoms. The minimum atomic E-state index is -1.07. The molecular weight excluding hydrogens is 501 g/mol. The number of halogens is 2. The summed E-state index contributed by atoms with van der Waals surface area (Å²) < 4.78 is 21.9. The first-order chi connectivity index (χ1) is 17.8. The van der Waals surface area contributed by atoms with Gasteiger partial charge in [0.2, 0.25) is 0 Å². The molecule has 192 valence electrons. The van der Waals surface area contributed by atoms with Gasteiger partial charge in [-0.15, -0.1) is 0 Å². The van der Waals surface area contributed by atoms with Crippen molar-refractivity contribution in [3.8, 4) is 5.88 Å². The third-order valence-electron chi connectivity index (χ3n) is 6.46. The summed E-state index contributed by atoms with van der Waals surface area (Å²) in [5, 5.41) is 9.57. The van der Waals surface area contributed by atoms with E-state index in [0.717, 1.165) is 12.4 Å². The van der Waals surface area contributed by atoms with E-state index in [2.05, 4.69) is 36.7 Å². The zero-order valence-corrected chi connectivity index (χ0v) is 21.1. The summed E-state index contributed by atoms with van der Waals surface area (Å²) in [6.45, 7) is 4.81. The van der Waals surface area contributed by atoms with Crippen LogP contribution in [0.25, 0.3) is 11.2 Å².